The van der Waals surface area contributed by atoms with Crippen LogP contribution in [0.15, 0.2) is 25.3 Å². The van der Waals surface area contributed by atoms with E-state index in [1.54, 1.807) is 0 Å². The number of fused-ring (bicyclic) bond motifs is 10. The van der Waals surface area contributed by atoms with Gasteiger partial charge >= 0.3 is 167 Å². The zero-order valence-electron chi connectivity index (χ0n) is 16.6. The maximum atomic E-state index is 13.7. The van der Waals surface area contributed by atoms with Gasteiger partial charge in [-0.05, 0) is 0 Å². The number of hydrogen-bond donors (Lipinski definition) is 0. The Kier molecular flexibility index (Phi) is 0.999. The minimum atomic E-state index is -4.38. The molecule has 0 aromatic carbocycles. The van der Waals surface area contributed by atoms with Crippen molar-refractivity contribution in [1.82, 2.24) is 0 Å². The van der Waals surface area contributed by atoms with Crippen molar-refractivity contribution >= 4 is 23.9 Å². The zero-order chi connectivity index (χ0) is 21.3. The summed E-state index contributed by atoms with van der Waals surface area (Å²) in [6.07, 6.45) is 2.15. The molecule has 10 saturated heterocycles. The number of carbonyl (C=O) groups excluding carboxylic acids is 4. The number of hydrogen-bond acceptors (Lipinski definition) is 8. The normalized spacial score (nSPS) is 71.9. The first-order valence-corrected chi connectivity index (χ1v) is 17.0. The molecule has 0 aliphatic carbocycles. The van der Waals surface area contributed by atoms with Crippen molar-refractivity contribution in [2.75, 3.05) is 26.4 Å². The molecule has 31 heavy (non-hydrogen) atoms. The summed E-state index contributed by atoms with van der Waals surface area (Å²) in [5, 5.41) is 0. The van der Waals surface area contributed by atoms with Crippen LogP contribution in [-0.2, 0) is 44.6 Å². The molecule has 10 aliphatic heterocycles. The Morgan fingerprint density at radius 2 is 1.00 bits per heavy atom. The molecule has 10 aliphatic rings. The van der Waals surface area contributed by atoms with Crippen LogP contribution >= 0.6 is 0 Å². The molecule has 4 atom stereocenters. The predicted molar refractivity (Wildman–Crippen MR) is 99.6 cm³/mol. The van der Waals surface area contributed by atoms with Crippen LogP contribution in [0.5, 0.6) is 0 Å². The number of esters is 4. The number of ether oxygens (including phenoxy) is 4. The zero-order valence-corrected chi connectivity index (χ0v) is 17.7. The van der Waals surface area contributed by atoms with E-state index in [1.165, 1.54) is 0 Å². The van der Waals surface area contributed by atoms with Crippen molar-refractivity contribution in [2.45, 2.75) is 47.2 Å². The van der Waals surface area contributed by atoms with E-state index in [1.807, 2.05) is 0 Å². The van der Waals surface area contributed by atoms with E-state index < -0.39 is 27.1 Å². The van der Waals surface area contributed by atoms with Crippen LogP contribution in [0.2, 0.25) is 47.2 Å². The molecule has 4 unspecified atom stereocenters. The van der Waals surface area contributed by atoms with Gasteiger partial charge in [-0.2, -0.15) is 0 Å². The molecule has 0 N–H and O–H groups in total. The van der Waals surface area contributed by atoms with E-state index in [0.717, 1.165) is 12.2 Å². The van der Waals surface area contributed by atoms with E-state index in [-0.39, 0.29) is 38.4 Å². The van der Waals surface area contributed by atoms with E-state index in [2.05, 4.69) is 13.2 Å². The molecule has 0 bridgehead atoms. The fraction of sp³-hybridized carbons (Fsp3) is 0.636. The molecule has 10 fully saturated rings. The molecular formula is C22H22FeO8. The Morgan fingerprint density at radius 1 is 0.645 bits per heavy atom. The number of rotatable bonds is 10. The van der Waals surface area contributed by atoms with Gasteiger partial charge in [0.05, 0.1) is 0 Å². The van der Waals surface area contributed by atoms with Crippen molar-refractivity contribution in [2.24, 2.45) is 0 Å². The van der Waals surface area contributed by atoms with E-state index in [9.17, 15) is 19.2 Å². The third-order valence-electron chi connectivity index (χ3n) is 16.9. The second-order valence-electron chi connectivity index (χ2n) is 12.8. The van der Waals surface area contributed by atoms with Gasteiger partial charge < -0.3 is 0 Å². The standard InChI is InChI=1S/C17H17O8.C5H5.Fe/c1-3-14(18)22-8-10-24-16(20)12-6-5-7-13(12)17(21)25-11-9-23-15(19)4-2;1-2-4-5-3-1;/h3-7H,1-2,8-11H2;1-5H;. The first-order chi connectivity index (χ1) is 14.7. The summed E-state index contributed by atoms with van der Waals surface area (Å²) in [5.74, 6) is -1.49. The summed E-state index contributed by atoms with van der Waals surface area (Å²) in [4.78, 5) is 54.9. The van der Waals surface area contributed by atoms with Crippen LogP contribution in [-0.4, -0.2) is 50.3 Å². The third-order valence-corrected chi connectivity index (χ3v) is 59.5. The molecule has 166 valence electrons. The van der Waals surface area contributed by atoms with Gasteiger partial charge in [-0.3, -0.25) is 0 Å². The molecule has 0 saturated carbocycles. The van der Waals surface area contributed by atoms with Gasteiger partial charge in [0.1, 0.15) is 0 Å². The number of carbonyl (C=O) groups is 4. The maximum absolute atomic E-state index is 13.7. The molecule has 10 heterocycles. The van der Waals surface area contributed by atoms with Crippen LogP contribution in [0.25, 0.3) is 0 Å². The molecule has 1 spiro atoms. The van der Waals surface area contributed by atoms with Crippen LogP contribution in [0.3, 0.4) is 0 Å². The fourth-order valence-corrected chi connectivity index (χ4v) is 93.4. The predicted octanol–water partition coefficient (Wildman–Crippen LogP) is 2.66. The Labute approximate surface area is 167 Å². The molecule has 8 nitrogen and oxygen atoms in total. The van der Waals surface area contributed by atoms with Crippen LogP contribution < -0.4 is 0 Å². The van der Waals surface area contributed by atoms with E-state index in [0.29, 0.717) is 38.5 Å². The van der Waals surface area contributed by atoms with Crippen molar-refractivity contribution in [3.63, 3.8) is 0 Å². The van der Waals surface area contributed by atoms with Gasteiger partial charge in [0.2, 0.25) is 0 Å². The van der Waals surface area contributed by atoms with Crippen molar-refractivity contribution in [3.8, 4) is 0 Å². The summed E-state index contributed by atoms with van der Waals surface area (Å²) in [7, 11) is 0. The quantitative estimate of drug-likeness (QED) is 0.158. The van der Waals surface area contributed by atoms with Gasteiger partial charge in [-0.15, -0.1) is 0 Å². The molecule has 10 rings (SSSR count). The van der Waals surface area contributed by atoms with Crippen molar-refractivity contribution < 1.29 is 44.6 Å². The van der Waals surface area contributed by atoms with Crippen molar-refractivity contribution in [1.29, 1.82) is 0 Å². The summed E-state index contributed by atoms with van der Waals surface area (Å²) >= 11 is 0. The Morgan fingerprint density at radius 3 is 1.29 bits per heavy atom. The first-order valence-electron chi connectivity index (χ1n) is 10.8. The van der Waals surface area contributed by atoms with E-state index >= 15 is 0 Å². The fourth-order valence-electron chi connectivity index (χ4n) is 18.6. The average Bonchev–Trinajstić information content (AvgIpc) is 3.71. The minimum absolute atomic E-state index is 0.00651. The van der Waals surface area contributed by atoms with Gasteiger partial charge in [-0.25, -0.2) is 0 Å². The summed E-state index contributed by atoms with van der Waals surface area (Å²) < 4.78 is 20.3. The van der Waals surface area contributed by atoms with Gasteiger partial charge in [0, 0.05) is 0 Å². The average molecular weight is 470 g/mol. The van der Waals surface area contributed by atoms with Gasteiger partial charge in [-0.1, -0.05) is 0 Å². The first kappa shape index (κ1) is 15.6. The van der Waals surface area contributed by atoms with Gasteiger partial charge in [0.15, 0.2) is 0 Å². The van der Waals surface area contributed by atoms with E-state index in [4.69, 9.17) is 18.9 Å². The van der Waals surface area contributed by atoms with Crippen molar-refractivity contribution in [3.05, 3.63) is 25.3 Å². The summed E-state index contributed by atoms with van der Waals surface area (Å²) in [5.41, 5.74) is 0. The SMILES string of the molecule is C=CC(=O)OCCOC(=O)[C]12[CH]3[CH]4[CH]5[C]1(C(=O)OCCOC(=O)C=C)[Fe]43521678[CH]2[CH]1[CH]6[CH]7[CH]28. The third kappa shape index (κ3) is 0.287. The summed E-state index contributed by atoms with van der Waals surface area (Å²) in [6.45, 7) is 2.31. The summed E-state index contributed by atoms with van der Waals surface area (Å²) in [6, 6.07) is 0. The molecule has 0 amide bonds. The monoisotopic (exact) mass is 470 g/mol. The molecule has 0 aromatic rings. The van der Waals surface area contributed by atoms with Crippen LogP contribution in [0.1, 0.15) is 0 Å². The Bertz CT molecular complexity index is 1400. The molecular weight excluding hydrogens is 448 g/mol. The second kappa shape index (κ2) is 1.98. The van der Waals surface area contributed by atoms with Crippen LogP contribution in [0, 0.1) is 0 Å². The molecule has 0 aromatic heterocycles. The van der Waals surface area contributed by atoms with Crippen LogP contribution in [0.4, 0.5) is 0 Å². The molecule has 0 radical (unpaired) electrons. The Hall–Kier alpha value is -2.12. The Balaban J connectivity index is 0.988. The topological polar surface area (TPSA) is 105 Å². The second-order valence-corrected chi connectivity index (χ2v) is 36.0. The van der Waals surface area contributed by atoms with Gasteiger partial charge in [0.25, 0.3) is 0 Å². The molecule has 9 heteroatoms.